The number of rotatable bonds is 11. The topological polar surface area (TPSA) is 162 Å². The first kappa shape index (κ1) is 30.3. The molecule has 1 fully saturated rings. The maximum absolute atomic E-state index is 13.1. The van der Waals surface area contributed by atoms with Gasteiger partial charge in [-0.25, -0.2) is 22.3 Å². The SMILES string of the molecule is CC(=O)Nc1ccccc1CS(=O)(=O)N1CCC(Nc2cccc(-c3sc(C(=O)O)c(OCC(=O)O)c3Cl)c2)CC1. The number of anilines is 2. The minimum atomic E-state index is -3.61. The van der Waals surface area contributed by atoms with Gasteiger partial charge in [-0.3, -0.25) is 4.79 Å². The van der Waals surface area contributed by atoms with Gasteiger partial charge in [-0.05, 0) is 42.2 Å². The molecule has 1 amide bonds. The van der Waals surface area contributed by atoms with Crippen molar-refractivity contribution in [2.75, 3.05) is 30.3 Å². The van der Waals surface area contributed by atoms with Gasteiger partial charge in [0.1, 0.15) is 5.02 Å². The quantitative estimate of drug-likeness (QED) is 0.240. The van der Waals surface area contributed by atoms with Crippen molar-refractivity contribution in [1.29, 1.82) is 0 Å². The van der Waals surface area contributed by atoms with Crippen LogP contribution in [0.3, 0.4) is 0 Å². The molecule has 218 valence electrons. The van der Waals surface area contributed by atoms with E-state index in [2.05, 4.69) is 10.6 Å². The Hall–Kier alpha value is -3.65. The highest BCUT2D eigenvalue weighted by atomic mass is 35.5. The molecule has 0 bridgehead atoms. The Balaban J connectivity index is 1.42. The molecule has 41 heavy (non-hydrogen) atoms. The molecular weight excluding hydrogens is 594 g/mol. The highest BCUT2D eigenvalue weighted by molar-refractivity contribution is 7.88. The Morgan fingerprint density at radius 3 is 2.46 bits per heavy atom. The van der Waals surface area contributed by atoms with Gasteiger partial charge in [0, 0.05) is 37.4 Å². The molecule has 0 spiro atoms. The van der Waals surface area contributed by atoms with Crippen LogP contribution in [0.5, 0.6) is 5.75 Å². The summed E-state index contributed by atoms with van der Waals surface area (Å²) >= 11 is 7.30. The zero-order chi connectivity index (χ0) is 29.7. The number of para-hydroxylation sites is 1. The number of carbonyl (C=O) groups excluding carboxylic acids is 1. The average Bonchev–Trinajstić information content (AvgIpc) is 3.25. The van der Waals surface area contributed by atoms with E-state index >= 15 is 0 Å². The van der Waals surface area contributed by atoms with E-state index in [0.29, 0.717) is 47.6 Å². The molecule has 1 aliphatic rings. The van der Waals surface area contributed by atoms with Gasteiger partial charge in [0.2, 0.25) is 15.9 Å². The summed E-state index contributed by atoms with van der Waals surface area (Å²) in [4.78, 5) is 34.3. The molecule has 1 aromatic heterocycles. The van der Waals surface area contributed by atoms with Crippen LogP contribution in [0.1, 0.15) is 35.0 Å². The van der Waals surface area contributed by atoms with Crippen molar-refractivity contribution >= 4 is 62.2 Å². The monoisotopic (exact) mass is 621 g/mol. The smallest absolute Gasteiger partial charge is 0.349 e. The van der Waals surface area contributed by atoms with E-state index in [1.807, 2.05) is 6.07 Å². The molecule has 0 saturated carbocycles. The Morgan fingerprint density at radius 1 is 1.10 bits per heavy atom. The molecule has 0 aliphatic carbocycles. The van der Waals surface area contributed by atoms with Crippen molar-refractivity contribution in [3.05, 3.63) is 64.0 Å². The number of aliphatic carboxylic acids is 1. The summed E-state index contributed by atoms with van der Waals surface area (Å²) in [5.74, 6) is -3.22. The van der Waals surface area contributed by atoms with Crippen LogP contribution in [0.15, 0.2) is 48.5 Å². The molecule has 2 aromatic carbocycles. The van der Waals surface area contributed by atoms with Crippen LogP contribution in [0.2, 0.25) is 5.02 Å². The zero-order valence-corrected chi connectivity index (χ0v) is 24.3. The second-order valence-electron chi connectivity index (χ2n) is 9.38. The van der Waals surface area contributed by atoms with Gasteiger partial charge in [-0.2, -0.15) is 0 Å². The number of nitrogens with zero attached hydrogens (tertiary/aromatic N) is 1. The molecule has 11 nitrogen and oxygen atoms in total. The van der Waals surface area contributed by atoms with Crippen LogP contribution in [-0.2, 0) is 25.4 Å². The largest absolute Gasteiger partial charge is 0.479 e. The minimum absolute atomic E-state index is 0.00813. The van der Waals surface area contributed by atoms with Crippen LogP contribution in [-0.4, -0.2) is 66.5 Å². The van der Waals surface area contributed by atoms with Crippen molar-refractivity contribution < 1.29 is 37.8 Å². The number of carboxylic acid groups (broad SMARTS) is 2. The number of carbonyl (C=O) groups is 3. The molecule has 4 N–H and O–H groups in total. The fraction of sp³-hybridized carbons (Fsp3) is 0.296. The van der Waals surface area contributed by atoms with E-state index in [-0.39, 0.29) is 33.4 Å². The van der Waals surface area contributed by atoms with Crippen LogP contribution < -0.4 is 15.4 Å². The summed E-state index contributed by atoms with van der Waals surface area (Å²) in [6.45, 7) is 1.29. The van der Waals surface area contributed by atoms with Crippen LogP contribution in [0.4, 0.5) is 11.4 Å². The molecule has 1 aliphatic heterocycles. The highest BCUT2D eigenvalue weighted by Gasteiger charge is 2.29. The third kappa shape index (κ3) is 7.55. The summed E-state index contributed by atoms with van der Waals surface area (Å²) in [7, 11) is -3.61. The maximum Gasteiger partial charge on any atom is 0.349 e. The molecule has 0 radical (unpaired) electrons. The number of benzene rings is 2. The van der Waals surface area contributed by atoms with Crippen molar-refractivity contribution in [3.63, 3.8) is 0 Å². The van der Waals surface area contributed by atoms with Crippen molar-refractivity contribution in [1.82, 2.24) is 4.31 Å². The van der Waals surface area contributed by atoms with Crippen molar-refractivity contribution in [3.8, 4) is 16.2 Å². The standard InChI is InChI=1S/C27H28ClN3O8S2/c1-16(32)29-21-8-3-2-5-18(21)15-41(37,38)31-11-9-19(10-12-31)30-20-7-4-6-17(13-20)25-23(28)24(39-14-22(33)34)26(40-25)27(35)36/h2-8,13,19,30H,9-12,14-15H2,1H3,(H,29,32)(H,33,34)(H,35,36). The maximum atomic E-state index is 13.1. The van der Waals surface area contributed by atoms with Gasteiger partial charge < -0.3 is 25.6 Å². The Morgan fingerprint density at radius 2 is 1.80 bits per heavy atom. The lowest BCUT2D eigenvalue weighted by atomic mass is 10.1. The van der Waals surface area contributed by atoms with Gasteiger partial charge in [0.05, 0.1) is 10.6 Å². The van der Waals surface area contributed by atoms with Crippen molar-refractivity contribution in [2.45, 2.75) is 31.6 Å². The number of ether oxygens (including phenoxy) is 1. The normalized spacial score (nSPS) is 14.4. The second kappa shape index (κ2) is 12.9. The van der Waals surface area contributed by atoms with Gasteiger partial charge in [0.25, 0.3) is 0 Å². The zero-order valence-electron chi connectivity index (χ0n) is 21.9. The fourth-order valence-electron chi connectivity index (χ4n) is 4.50. The van der Waals surface area contributed by atoms with Gasteiger partial charge in [-0.1, -0.05) is 41.9 Å². The van der Waals surface area contributed by atoms with E-state index < -0.39 is 28.6 Å². The predicted molar refractivity (Wildman–Crippen MR) is 156 cm³/mol. The lowest BCUT2D eigenvalue weighted by Crippen LogP contribution is -2.42. The van der Waals surface area contributed by atoms with E-state index in [1.54, 1.807) is 42.5 Å². The summed E-state index contributed by atoms with van der Waals surface area (Å²) < 4.78 is 32.9. The summed E-state index contributed by atoms with van der Waals surface area (Å²) in [6.07, 6.45) is 1.12. The van der Waals surface area contributed by atoms with E-state index in [0.717, 1.165) is 17.0 Å². The summed E-state index contributed by atoms with van der Waals surface area (Å²) in [5.41, 5.74) is 2.36. The van der Waals surface area contributed by atoms with Crippen LogP contribution in [0.25, 0.3) is 10.4 Å². The van der Waals surface area contributed by atoms with Gasteiger partial charge in [-0.15, -0.1) is 11.3 Å². The number of hydrogen-bond donors (Lipinski definition) is 4. The highest BCUT2D eigenvalue weighted by Crippen LogP contribution is 2.46. The third-order valence-electron chi connectivity index (χ3n) is 6.35. The van der Waals surface area contributed by atoms with Crippen molar-refractivity contribution in [2.24, 2.45) is 0 Å². The number of sulfonamides is 1. The number of halogens is 1. The number of nitrogens with one attached hydrogen (secondary N) is 2. The third-order valence-corrected chi connectivity index (χ3v) is 9.86. The van der Waals surface area contributed by atoms with Gasteiger partial charge >= 0.3 is 11.9 Å². The van der Waals surface area contributed by atoms with Crippen LogP contribution >= 0.6 is 22.9 Å². The molecule has 4 rings (SSSR count). The van der Waals surface area contributed by atoms with Gasteiger partial charge in [0.15, 0.2) is 17.2 Å². The Labute approximate surface area is 245 Å². The second-order valence-corrected chi connectivity index (χ2v) is 12.8. The number of hydrogen-bond acceptors (Lipinski definition) is 8. The first-order chi connectivity index (χ1) is 19.4. The first-order valence-corrected chi connectivity index (χ1v) is 15.4. The Bertz CT molecular complexity index is 1570. The summed E-state index contributed by atoms with van der Waals surface area (Å²) in [5, 5.41) is 24.6. The summed E-state index contributed by atoms with van der Waals surface area (Å²) in [6, 6.07) is 14.0. The fourth-order valence-corrected chi connectivity index (χ4v) is 7.49. The van der Waals surface area contributed by atoms with E-state index in [9.17, 15) is 27.9 Å². The Kier molecular flexibility index (Phi) is 9.53. The predicted octanol–water partition coefficient (Wildman–Crippen LogP) is 4.59. The van der Waals surface area contributed by atoms with E-state index in [4.69, 9.17) is 21.4 Å². The molecule has 0 unspecified atom stereocenters. The number of aromatic carboxylic acids is 1. The molecule has 3 aromatic rings. The molecule has 0 atom stereocenters. The van der Waals surface area contributed by atoms with Crippen LogP contribution in [0, 0.1) is 0 Å². The number of carboxylic acids is 2. The molecular formula is C27H28ClN3O8S2. The first-order valence-electron chi connectivity index (χ1n) is 12.5. The minimum Gasteiger partial charge on any atom is -0.479 e. The lowest BCUT2D eigenvalue weighted by molar-refractivity contribution is -0.139. The molecule has 14 heteroatoms. The average molecular weight is 622 g/mol. The number of piperidine rings is 1. The molecule has 2 heterocycles. The molecule has 1 saturated heterocycles. The van der Waals surface area contributed by atoms with E-state index in [1.165, 1.54) is 11.2 Å². The number of amides is 1. The number of thiophene rings is 1. The lowest BCUT2D eigenvalue weighted by Gasteiger charge is -2.32.